The largest absolute Gasteiger partial charge is 0.480 e. The minimum Gasteiger partial charge on any atom is -0.480 e. The number of aromatic amines is 2. The van der Waals surface area contributed by atoms with E-state index in [1.165, 1.54) is 11.2 Å². The van der Waals surface area contributed by atoms with Gasteiger partial charge in [-0.15, -0.1) is 10.2 Å². The van der Waals surface area contributed by atoms with Gasteiger partial charge in [0, 0.05) is 6.42 Å². The summed E-state index contributed by atoms with van der Waals surface area (Å²) in [7, 11) is 0. The lowest BCUT2D eigenvalue weighted by Gasteiger charge is -2.31. The number of fused-ring (bicyclic) bond motifs is 1. The molecule has 3 heterocycles. The molecule has 1 amide bonds. The van der Waals surface area contributed by atoms with E-state index in [9.17, 15) is 14.7 Å². The number of hydrogen-bond donors (Lipinski definition) is 3. The number of rotatable bonds is 2. The number of carbonyl (C=O) groups is 2. The van der Waals surface area contributed by atoms with Gasteiger partial charge in [-0.25, -0.2) is 9.78 Å². The van der Waals surface area contributed by atoms with Crippen molar-refractivity contribution in [2.75, 3.05) is 0 Å². The van der Waals surface area contributed by atoms with Crippen molar-refractivity contribution in [2.45, 2.75) is 19.0 Å². The number of H-pyrrole nitrogens is 2. The average Bonchev–Trinajstić information content (AvgIpc) is 3.06. The molecule has 0 aromatic carbocycles. The van der Waals surface area contributed by atoms with Crippen molar-refractivity contribution in [2.24, 2.45) is 0 Å². The zero-order chi connectivity index (χ0) is 13.4. The van der Waals surface area contributed by atoms with Crippen molar-refractivity contribution in [3.05, 3.63) is 23.5 Å². The third-order valence-corrected chi connectivity index (χ3v) is 2.98. The first-order valence-corrected chi connectivity index (χ1v) is 5.45. The Labute approximate surface area is 105 Å². The highest BCUT2D eigenvalue weighted by atomic mass is 16.4. The summed E-state index contributed by atoms with van der Waals surface area (Å²) in [5, 5.41) is 21.8. The number of tetrazole rings is 1. The first-order chi connectivity index (χ1) is 9.16. The molecular weight excluding hydrogens is 254 g/mol. The quantitative estimate of drug-likeness (QED) is 0.603. The van der Waals surface area contributed by atoms with E-state index >= 15 is 0 Å². The van der Waals surface area contributed by atoms with E-state index in [0.29, 0.717) is 11.4 Å². The number of hydrogen-bond acceptors (Lipinski definition) is 6. The van der Waals surface area contributed by atoms with Gasteiger partial charge in [-0.05, 0) is 5.21 Å². The van der Waals surface area contributed by atoms with Crippen LogP contribution in [0.25, 0.3) is 0 Å². The summed E-state index contributed by atoms with van der Waals surface area (Å²) in [6, 6.07) is -0.984. The van der Waals surface area contributed by atoms with Crippen molar-refractivity contribution in [1.82, 2.24) is 35.5 Å². The second kappa shape index (κ2) is 4.15. The van der Waals surface area contributed by atoms with Crippen LogP contribution in [0.5, 0.6) is 0 Å². The molecule has 0 fully saturated rings. The van der Waals surface area contributed by atoms with Gasteiger partial charge in [0.2, 0.25) is 0 Å². The van der Waals surface area contributed by atoms with Gasteiger partial charge in [0.25, 0.3) is 11.7 Å². The first-order valence-electron chi connectivity index (χ1n) is 5.45. The monoisotopic (exact) mass is 263 g/mol. The van der Waals surface area contributed by atoms with E-state index in [4.69, 9.17) is 0 Å². The molecule has 3 N–H and O–H groups in total. The summed E-state index contributed by atoms with van der Waals surface area (Å²) in [6.07, 6.45) is 1.63. The second-order valence-corrected chi connectivity index (χ2v) is 4.05. The summed E-state index contributed by atoms with van der Waals surface area (Å²) in [6.45, 7) is 0.125. The molecule has 0 radical (unpaired) electrons. The van der Waals surface area contributed by atoms with Crippen LogP contribution in [0, 0.1) is 0 Å². The SMILES string of the molecule is O=C(O)C1Cc2nc[nH]c2CN1C(=O)c1nn[nH]n1. The Kier molecular flexibility index (Phi) is 2.47. The van der Waals surface area contributed by atoms with Crippen molar-refractivity contribution >= 4 is 11.9 Å². The van der Waals surface area contributed by atoms with Crippen LogP contribution in [0.4, 0.5) is 0 Å². The molecule has 1 aliphatic rings. The van der Waals surface area contributed by atoms with Gasteiger partial charge in [0.05, 0.1) is 24.3 Å². The fourth-order valence-electron chi connectivity index (χ4n) is 2.05. The van der Waals surface area contributed by atoms with Crippen molar-refractivity contribution in [1.29, 1.82) is 0 Å². The molecule has 0 saturated carbocycles. The van der Waals surface area contributed by atoms with Crippen molar-refractivity contribution < 1.29 is 14.7 Å². The Morgan fingerprint density at radius 3 is 3.00 bits per heavy atom. The lowest BCUT2D eigenvalue weighted by atomic mass is 10.0. The normalized spacial score (nSPS) is 18.1. The minimum atomic E-state index is -1.09. The molecule has 2 aromatic rings. The molecule has 1 unspecified atom stereocenters. The molecule has 10 nitrogen and oxygen atoms in total. The van der Waals surface area contributed by atoms with Crippen molar-refractivity contribution in [3.8, 4) is 0 Å². The van der Waals surface area contributed by atoms with Crippen LogP contribution in [0.2, 0.25) is 0 Å². The molecule has 0 spiro atoms. The predicted octanol–water partition coefficient (Wildman–Crippen LogP) is -1.43. The number of aliphatic carboxylic acids is 1. The highest BCUT2D eigenvalue weighted by molar-refractivity contribution is 5.93. The molecule has 98 valence electrons. The van der Waals surface area contributed by atoms with E-state index in [2.05, 4.69) is 30.6 Å². The lowest BCUT2D eigenvalue weighted by Crippen LogP contribution is -2.49. The van der Waals surface area contributed by atoms with Crippen LogP contribution < -0.4 is 0 Å². The number of nitrogens with one attached hydrogen (secondary N) is 2. The molecule has 2 aromatic heterocycles. The molecule has 1 aliphatic heterocycles. The molecule has 3 rings (SSSR count). The van der Waals surface area contributed by atoms with Crippen LogP contribution in [-0.4, -0.2) is 58.5 Å². The third-order valence-electron chi connectivity index (χ3n) is 2.98. The maximum Gasteiger partial charge on any atom is 0.326 e. The summed E-state index contributed by atoms with van der Waals surface area (Å²) >= 11 is 0. The number of carboxylic acids is 1. The summed E-state index contributed by atoms with van der Waals surface area (Å²) in [4.78, 5) is 31.5. The van der Waals surface area contributed by atoms with Crippen molar-refractivity contribution in [3.63, 3.8) is 0 Å². The first kappa shape index (κ1) is 11.3. The Morgan fingerprint density at radius 1 is 1.47 bits per heavy atom. The Hall–Kier alpha value is -2.78. The third kappa shape index (κ3) is 1.82. The number of aromatic nitrogens is 6. The maximum atomic E-state index is 12.2. The molecule has 1 atom stereocenters. The number of imidazole rings is 1. The molecule has 10 heteroatoms. The van der Waals surface area contributed by atoms with Gasteiger partial charge in [-0.2, -0.15) is 5.21 Å². The molecule has 19 heavy (non-hydrogen) atoms. The van der Waals surface area contributed by atoms with Crippen LogP contribution in [0.1, 0.15) is 22.0 Å². The Morgan fingerprint density at radius 2 is 2.32 bits per heavy atom. The van der Waals surface area contributed by atoms with E-state index < -0.39 is 17.9 Å². The van der Waals surface area contributed by atoms with E-state index in [1.807, 2.05) is 0 Å². The standard InChI is InChI=1S/C9H9N7O3/c17-8(7-12-14-15-13-7)16-2-5-4(10-3-11-5)1-6(16)9(18)19/h3,6H,1-2H2,(H,10,11)(H,18,19)(H,12,13,14,15). The van der Waals surface area contributed by atoms with Gasteiger partial charge >= 0.3 is 5.97 Å². The summed E-state index contributed by atoms with van der Waals surface area (Å²) in [5.41, 5.74) is 1.37. The smallest absolute Gasteiger partial charge is 0.326 e. The fourth-order valence-corrected chi connectivity index (χ4v) is 2.05. The summed E-state index contributed by atoms with van der Waals surface area (Å²) < 4.78 is 0. The van der Waals surface area contributed by atoms with E-state index in [1.54, 1.807) is 0 Å². The molecule has 0 aliphatic carbocycles. The predicted molar refractivity (Wildman–Crippen MR) is 57.8 cm³/mol. The molecular formula is C9H9N7O3. The van der Waals surface area contributed by atoms with Gasteiger partial charge in [0.1, 0.15) is 6.04 Å². The Bertz CT molecular complexity index is 620. The van der Waals surface area contributed by atoms with E-state index in [0.717, 1.165) is 0 Å². The highest BCUT2D eigenvalue weighted by Crippen LogP contribution is 2.21. The maximum absolute atomic E-state index is 12.2. The lowest BCUT2D eigenvalue weighted by molar-refractivity contribution is -0.142. The van der Waals surface area contributed by atoms with Gasteiger partial charge in [-0.1, -0.05) is 0 Å². The van der Waals surface area contributed by atoms with Crippen LogP contribution >= 0.6 is 0 Å². The van der Waals surface area contributed by atoms with Crippen LogP contribution in [0.3, 0.4) is 0 Å². The number of amides is 1. The molecule has 0 saturated heterocycles. The second-order valence-electron chi connectivity index (χ2n) is 4.05. The number of nitrogens with zero attached hydrogens (tertiary/aromatic N) is 5. The topological polar surface area (TPSA) is 141 Å². The zero-order valence-electron chi connectivity index (χ0n) is 9.57. The van der Waals surface area contributed by atoms with Gasteiger partial charge in [-0.3, -0.25) is 4.79 Å². The van der Waals surface area contributed by atoms with Gasteiger partial charge < -0.3 is 15.0 Å². The van der Waals surface area contributed by atoms with Gasteiger partial charge in [0.15, 0.2) is 0 Å². The summed E-state index contributed by atoms with van der Waals surface area (Å²) in [5.74, 6) is -1.83. The number of carbonyl (C=O) groups excluding carboxylic acids is 1. The highest BCUT2D eigenvalue weighted by Gasteiger charge is 2.37. The zero-order valence-corrected chi connectivity index (χ0v) is 9.57. The fraction of sp³-hybridized carbons (Fsp3) is 0.333. The van der Waals surface area contributed by atoms with Crippen LogP contribution in [-0.2, 0) is 17.8 Å². The van der Waals surface area contributed by atoms with Crippen LogP contribution in [0.15, 0.2) is 6.33 Å². The minimum absolute atomic E-state index is 0.125. The Balaban J connectivity index is 1.95. The molecule has 0 bridgehead atoms. The van der Waals surface area contributed by atoms with E-state index in [-0.39, 0.29) is 18.8 Å². The number of carboxylic acid groups (broad SMARTS) is 1. The average molecular weight is 263 g/mol.